The zero-order chi connectivity index (χ0) is 23.3. The third-order valence-corrected chi connectivity index (χ3v) is 6.85. The highest BCUT2D eigenvalue weighted by atomic mass is 32.2. The van der Waals surface area contributed by atoms with Crippen molar-refractivity contribution in [1.29, 1.82) is 0 Å². The second kappa shape index (κ2) is 10.2. The molecule has 4 rings (SSSR count). The highest BCUT2D eigenvalue weighted by molar-refractivity contribution is 7.89. The maximum atomic E-state index is 13.3. The summed E-state index contributed by atoms with van der Waals surface area (Å²) in [5, 5.41) is 2.86. The molecule has 4 N–H and O–H groups in total. The van der Waals surface area contributed by atoms with Crippen molar-refractivity contribution in [3.05, 3.63) is 101 Å². The predicted molar refractivity (Wildman–Crippen MR) is 123 cm³/mol. The Morgan fingerprint density at radius 3 is 2.39 bits per heavy atom. The molecule has 0 radical (unpaired) electrons. The van der Waals surface area contributed by atoms with E-state index in [0.717, 1.165) is 5.56 Å². The molecule has 7 nitrogen and oxygen atoms in total. The van der Waals surface area contributed by atoms with Gasteiger partial charge in [-0.1, -0.05) is 54.6 Å². The van der Waals surface area contributed by atoms with Crippen LogP contribution in [0.25, 0.3) is 0 Å². The summed E-state index contributed by atoms with van der Waals surface area (Å²) in [6, 6.07) is 21.6. The molecule has 9 heteroatoms. The van der Waals surface area contributed by atoms with Gasteiger partial charge in [0.15, 0.2) is 0 Å². The van der Waals surface area contributed by atoms with Crippen molar-refractivity contribution in [2.24, 2.45) is 0 Å². The van der Waals surface area contributed by atoms with E-state index in [2.05, 4.69) is 20.9 Å². The summed E-state index contributed by atoms with van der Waals surface area (Å²) < 4.78 is 41.1. The number of amides is 1. The van der Waals surface area contributed by atoms with Gasteiger partial charge in [0.1, 0.15) is 11.9 Å². The van der Waals surface area contributed by atoms with Crippen molar-refractivity contribution in [3.63, 3.8) is 0 Å². The van der Waals surface area contributed by atoms with Crippen molar-refractivity contribution in [1.82, 2.24) is 20.9 Å². The summed E-state index contributed by atoms with van der Waals surface area (Å²) in [5.74, 6) is -0.593. The molecule has 0 saturated carbocycles. The minimum absolute atomic E-state index is 0.0238. The van der Waals surface area contributed by atoms with E-state index < -0.39 is 21.9 Å². The molecule has 33 heavy (non-hydrogen) atoms. The second-order valence-corrected chi connectivity index (χ2v) is 9.63. The molecule has 1 amide bonds. The van der Waals surface area contributed by atoms with Crippen LogP contribution in [0.3, 0.4) is 0 Å². The van der Waals surface area contributed by atoms with E-state index in [1.807, 2.05) is 30.3 Å². The molecule has 2 unspecified atom stereocenters. The Kier molecular flexibility index (Phi) is 7.14. The van der Waals surface area contributed by atoms with Crippen LogP contribution in [-0.2, 0) is 27.9 Å². The molecule has 0 bridgehead atoms. The molecule has 3 aromatic rings. The maximum absolute atomic E-state index is 13.3. The summed E-state index contributed by atoms with van der Waals surface area (Å²) in [5.41, 5.74) is 8.44. The molecule has 1 aliphatic rings. The predicted octanol–water partition coefficient (Wildman–Crippen LogP) is 2.53. The number of hydrogen-bond acceptors (Lipinski definition) is 5. The molecule has 0 aliphatic carbocycles. The number of sulfonamides is 1. The van der Waals surface area contributed by atoms with Gasteiger partial charge in [-0.15, -0.1) is 0 Å². The van der Waals surface area contributed by atoms with Crippen LogP contribution < -0.4 is 20.9 Å². The van der Waals surface area contributed by atoms with Crippen LogP contribution in [0.5, 0.6) is 0 Å². The van der Waals surface area contributed by atoms with Gasteiger partial charge in [-0.05, 0) is 47.4 Å². The highest BCUT2D eigenvalue weighted by Gasteiger charge is 2.29. The average Bonchev–Trinajstić information content (AvgIpc) is 3.33. The Bertz CT molecular complexity index is 1220. The zero-order valence-corrected chi connectivity index (χ0v) is 18.6. The fourth-order valence-corrected chi connectivity index (χ4v) is 4.76. The van der Waals surface area contributed by atoms with Crippen LogP contribution in [0.4, 0.5) is 4.39 Å². The average molecular weight is 469 g/mol. The van der Waals surface area contributed by atoms with Gasteiger partial charge in [0, 0.05) is 19.1 Å². The number of rotatable bonds is 8. The highest BCUT2D eigenvalue weighted by Crippen LogP contribution is 2.22. The molecular weight excluding hydrogens is 443 g/mol. The van der Waals surface area contributed by atoms with E-state index in [-0.39, 0.29) is 29.9 Å². The molecule has 1 saturated heterocycles. The van der Waals surface area contributed by atoms with Crippen molar-refractivity contribution in [2.75, 3.05) is 0 Å². The maximum Gasteiger partial charge on any atom is 0.240 e. The minimum atomic E-state index is -3.79. The lowest BCUT2D eigenvalue weighted by Crippen LogP contribution is -2.42. The monoisotopic (exact) mass is 468 g/mol. The zero-order valence-electron chi connectivity index (χ0n) is 17.8. The normalized spacial score (nSPS) is 18.2. The minimum Gasteiger partial charge on any atom is -0.351 e. The lowest BCUT2D eigenvalue weighted by molar-refractivity contribution is -0.123. The molecule has 2 atom stereocenters. The first-order chi connectivity index (χ1) is 15.9. The van der Waals surface area contributed by atoms with Crippen LogP contribution in [0, 0.1) is 5.82 Å². The third-order valence-electron chi connectivity index (χ3n) is 5.45. The van der Waals surface area contributed by atoms with E-state index in [4.69, 9.17) is 0 Å². The van der Waals surface area contributed by atoms with E-state index >= 15 is 0 Å². The van der Waals surface area contributed by atoms with Crippen LogP contribution in [0.15, 0.2) is 83.8 Å². The third kappa shape index (κ3) is 6.02. The summed E-state index contributed by atoms with van der Waals surface area (Å²) in [7, 11) is -3.79. The second-order valence-electron chi connectivity index (χ2n) is 7.86. The van der Waals surface area contributed by atoms with Crippen molar-refractivity contribution >= 4 is 15.9 Å². The van der Waals surface area contributed by atoms with Crippen molar-refractivity contribution in [2.45, 2.75) is 36.5 Å². The summed E-state index contributed by atoms with van der Waals surface area (Å²) in [4.78, 5) is 12.7. The van der Waals surface area contributed by atoms with Crippen LogP contribution in [0.2, 0.25) is 0 Å². The quantitative estimate of drug-likeness (QED) is 0.407. The van der Waals surface area contributed by atoms with Crippen LogP contribution in [-0.4, -0.2) is 20.4 Å². The van der Waals surface area contributed by atoms with Gasteiger partial charge in [0.25, 0.3) is 0 Å². The van der Waals surface area contributed by atoms with Gasteiger partial charge in [0.05, 0.1) is 4.90 Å². The Labute approximate surface area is 192 Å². The van der Waals surface area contributed by atoms with Gasteiger partial charge >= 0.3 is 0 Å². The van der Waals surface area contributed by atoms with Crippen molar-refractivity contribution < 1.29 is 17.6 Å². The SMILES string of the molecule is O=C(NCc1cccc(S(=O)(=O)NCc2cccc(F)c2)c1)C1CC(c2ccccc2)NN1. The number of benzene rings is 3. The topological polar surface area (TPSA) is 99.3 Å². The molecule has 3 aromatic carbocycles. The standard InChI is InChI=1S/C24H25FN4O3S/c25-20-10-4-6-17(12-20)16-27-33(31,32)21-11-5-7-18(13-21)15-26-24(30)23-14-22(28-29-23)19-8-2-1-3-9-19/h1-13,22-23,27-29H,14-16H2,(H,26,30). The van der Waals surface area contributed by atoms with Crippen molar-refractivity contribution in [3.8, 4) is 0 Å². The summed E-state index contributed by atoms with van der Waals surface area (Å²) in [6.07, 6.45) is 0.605. The molecule has 1 aliphatic heterocycles. The van der Waals surface area contributed by atoms with Gasteiger partial charge in [-0.3, -0.25) is 4.79 Å². The lowest BCUT2D eigenvalue weighted by atomic mass is 10.0. The number of carbonyl (C=O) groups is 1. The Hall–Kier alpha value is -3.11. The first-order valence-electron chi connectivity index (χ1n) is 10.6. The molecule has 172 valence electrons. The van der Waals surface area contributed by atoms with Gasteiger partial charge in [-0.2, -0.15) is 0 Å². The molecule has 0 spiro atoms. The molecular formula is C24H25FN4O3S. The summed E-state index contributed by atoms with van der Waals surface area (Å²) >= 11 is 0. The number of hydrazine groups is 1. The van der Waals surface area contributed by atoms with Gasteiger partial charge < -0.3 is 5.32 Å². The molecule has 1 heterocycles. The fourth-order valence-electron chi connectivity index (χ4n) is 3.68. The number of hydrogen-bond donors (Lipinski definition) is 4. The molecule has 0 aromatic heterocycles. The Morgan fingerprint density at radius 1 is 0.909 bits per heavy atom. The first-order valence-corrected chi connectivity index (χ1v) is 12.1. The smallest absolute Gasteiger partial charge is 0.240 e. The number of halogens is 1. The molecule has 1 fully saturated rings. The van der Waals surface area contributed by atoms with E-state index in [9.17, 15) is 17.6 Å². The lowest BCUT2D eigenvalue weighted by Gasteiger charge is -2.12. The number of nitrogens with one attached hydrogen (secondary N) is 4. The fraction of sp³-hybridized carbons (Fsp3) is 0.208. The largest absolute Gasteiger partial charge is 0.351 e. The van der Waals surface area contributed by atoms with E-state index in [1.165, 1.54) is 30.3 Å². The van der Waals surface area contributed by atoms with Crippen LogP contribution >= 0.6 is 0 Å². The Morgan fingerprint density at radius 2 is 1.64 bits per heavy atom. The van der Waals surface area contributed by atoms with Gasteiger partial charge in [-0.25, -0.2) is 28.4 Å². The van der Waals surface area contributed by atoms with Crippen LogP contribution in [0.1, 0.15) is 29.2 Å². The number of carbonyl (C=O) groups excluding carboxylic acids is 1. The first kappa shape index (κ1) is 23.1. The van der Waals surface area contributed by atoms with Gasteiger partial charge in [0.2, 0.25) is 15.9 Å². The van der Waals surface area contributed by atoms with E-state index in [0.29, 0.717) is 17.5 Å². The Balaban J connectivity index is 1.33. The van der Waals surface area contributed by atoms with E-state index in [1.54, 1.807) is 18.2 Å². The summed E-state index contributed by atoms with van der Waals surface area (Å²) in [6.45, 7) is 0.171.